The van der Waals surface area contributed by atoms with E-state index in [0.717, 1.165) is 11.1 Å². The maximum Gasteiger partial charge on any atom is 0.278 e. The molecule has 5 rings (SSSR count). The van der Waals surface area contributed by atoms with Crippen LogP contribution in [0.15, 0.2) is 77.7 Å². The second-order valence-electron chi connectivity index (χ2n) is 7.61. The van der Waals surface area contributed by atoms with Crippen molar-refractivity contribution in [1.82, 2.24) is 9.58 Å². The minimum absolute atomic E-state index is 0.0678. The topological polar surface area (TPSA) is 75.0 Å². The molecule has 0 aliphatic carbocycles. The van der Waals surface area contributed by atoms with Crippen LogP contribution in [0.1, 0.15) is 27.7 Å². The number of rotatable bonds is 1. The van der Waals surface area contributed by atoms with E-state index in [-0.39, 0.29) is 12.4 Å². The summed E-state index contributed by atoms with van der Waals surface area (Å²) in [6, 6.07) is 16.0. The minimum atomic E-state index is -0.603. The third-order valence-electron chi connectivity index (χ3n) is 5.64. The molecule has 0 spiro atoms. The number of fused-ring (bicyclic) bond motifs is 5. The molecule has 32 heavy (non-hydrogen) atoms. The Morgan fingerprint density at radius 1 is 1.03 bits per heavy atom. The molecule has 1 atom stereocenters. The van der Waals surface area contributed by atoms with Crippen molar-refractivity contribution in [1.29, 1.82) is 0 Å². The van der Waals surface area contributed by atoms with Crippen LogP contribution in [0.25, 0.3) is 0 Å². The molecule has 1 amide bonds. The van der Waals surface area contributed by atoms with E-state index in [1.54, 1.807) is 15.6 Å². The molecule has 3 heterocycles. The summed E-state index contributed by atoms with van der Waals surface area (Å²) in [5, 5.41) is 13.0. The van der Waals surface area contributed by atoms with E-state index in [4.69, 9.17) is 16.3 Å². The fourth-order valence-electron chi connectivity index (χ4n) is 4.15. The van der Waals surface area contributed by atoms with E-state index in [2.05, 4.69) is 0 Å². The summed E-state index contributed by atoms with van der Waals surface area (Å²) in [6.07, 6.45) is 5.19. The number of hydrogen-bond donors (Lipinski definition) is 1. The van der Waals surface area contributed by atoms with Crippen molar-refractivity contribution in [3.8, 4) is 11.5 Å². The molecule has 0 radical (unpaired) electrons. The molecule has 8 heteroatoms. The van der Waals surface area contributed by atoms with Gasteiger partial charge in [-0.15, -0.1) is 0 Å². The zero-order valence-corrected chi connectivity index (χ0v) is 17.8. The molecule has 2 aromatic carbocycles. The van der Waals surface area contributed by atoms with Gasteiger partial charge in [0.25, 0.3) is 5.91 Å². The van der Waals surface area contributed by atoms with E-state index in [1.807, 2.05) is 59.6 Å². The van der Waals surface area contributed by atoms with Crippen molar-refractivity contribution in [3.63, 3.8) is 0 Å². The predicted molar refractivity (Wildman–Crippen MR) is 121 cm³/mol. The van der Waals surface area contributed by atoms with Crippen LogP contribution in [-0.4, -0.2) is 40.4 Å². The van der Waals surface area contributed by atoms with Crippen molar-refractivity contribution >= 4 is 17.5 Å². The number of nitrogens with zero attached hydrogens (tertiary/aromatic N) is 3. The molecular formula is C24H20ClN3O4. The van der Waals surface area contributed by atoms with Gasteiger partial charge in [-0.25, -0.2) is 0 Å². The molecular weight excluding hydrogens is 430 g/mol. The van der Waals surface area contributed by atoms with Gasteiger partial charge >= 0.3 is 0 Å². The van der Waals surface area contributed by atoms with Crippen LogP contribution in [0, 0.1) is 0 Å². The molecule has 2 aliphatic heterocycles. The zero-order valence-electron chi connectivity index (χ0n) is 17.0. The number of aromatic hydroxyl groups is 1. The summed E-state index contributed by atoms with van der Waals surface area (Å²) in [5.74, 6) is -0.329. The molecule has 0 fully saturated rings. The average molecular weight is 450 g/mol. The van der Waals surface area contributed by atoms with Crippen molar-refractivity contribution in [2.45, 2.75) is 6.04 Å². The van der Waals surface area contributed by atoms with E-state index in [1.165, 1.54) is 12.3 Å². The van der Waals surface area contributed by atoms with E-state index in [9.17, 15) is 14.7 Å². The third-order valence-corrected chi connectivity index (χ3v) is 5.88. The number of pyridine rings is 1. The zero-order chi connectivity index (χ0) is 22.2. The number of ether oxygens (including phenoxy) is 1. The fraction of sp³-hybridized carbons (Fsp3) is 0.167. The average Bonchev–Trinajstić information content (AvgIpc) is 2.82. The molecule has 1 aromatic heterocycles. The predicted octanol–water partition coefficient (Wildman–Crippen LogP) is 3.30. The first-order chi connectivity index (χ1) is 15.5. The van der Waals surface area contributed by atoms with Crippen molar-refractivity contribution in [2.75, 3.05) is 24.8 Å². The molecule has 3 aromatic rings. The van der Waals surface area contributed by atoms with Gasteiger partial charge in [-0.3, -0.25) is 19.3 Å². The number of halogens is 1. The monoisotopic (exact) mass is 449 g/mol. The lowest BCUT2D eigenvalue weighted by molar-refractivity contribution is 0.0701. The number of amides is 1. The smallest absolute Gasteiger partial charge is 0.278 e. The second kappa shape index (κ2) is 8.09. The van der Waals surface area contributed by atoms with E-state index in [0.29, 0.717) is 23.9 Å². The lowest BCUT2D eigenvalue weighted by Gasteiger charge is -2.43. The largest absolute Gasteiger partial charge is 0.502 e. The fourth-order valence-corrected chi connectivity index (χ4v) is 4.33. The number of aromatic nitrogens is 1. The van der Waals surface area contributed by atoms with Crippen molar-refractivity contribution in [3.05, 3.63) is 105 Å². The van der Waals surface area contributed by atoms with Gasteiger partial charge in [-0.05, 0) is 29.8 Å². The highest BCUT2D eigenvalue weighted by Crippen LogP contribution is 2.38. The first-order valence-electron chi connectivity index (χ1n) is 10.2. The lowest BCUT2D eigenvalue weighted by Crippen LogP contribution is -2.55. The van der Waals surface area contributed by atoms with Crippen LogP contribution in [0.2, 0.25) is 5.02 Å². The Bertz CT molecular complexity index is 1270. The van der Waals surface area contributed by atoms with Crippen LogP contribution < -0.4 is 15.2 Å². The standard InChI is InChI=1S/C24H20ClN3O4/c25-17-8-9-20-18(14-17)21(16-6-2-1-3-7-16)28-15-26(11-4-5-13-32-20)24(31)22-23(30)19(29)10-12-27(22)28/h1-10,12,14,21,30H,11,13,15H2/b5-4-/t21-/m0/s1. The number of hydrogen-bond acceptors (Lipinski definition) is 5. The first kappa shape index (κ1) is 20.2. The lowest BCUT2D eigenvalue weighted by atomic mass is 9.97. The molecule has 162 valence electrons. The van der Waals surface area contributed by atoms with Gasteiger partial charge in [0.2, 0.25) is 5.43 Å². The van der Waals surface area contributed by atoms with Gasteiger partial charge in [-0.1, -0.05) is 48.0 Å². The van der Waals surface area contributed by atoms with Gasteiger partial charge in [0.15, 0.2) is 11.4 Å². The van der Waals surface area contributed by atoms with Crippen LogP contribution in [0.3, 0.4) is 0 Å². The van der Waals surface area contributed by atoms with Crippen molar-refractivity contribution in [2.24, 2.45) is 0 Å². The molecule has 2 bridgehead atoms. The number of carbonyl (C=O) groups excluding carboxylic acids is 1. The van der Waals surface area contributed by atoms with E-state index >= 15 is 0 Å². The van der Waals surface area contributed by atoms with Crippen molar-refractivity contribution < 1.29 is 14.6 Å². The molecule has 1 N–H and O–H groups in total. The highest BCUT2D eigenvalue weighted by Gasteiger charge is 2.37. The minimum Gasteiger partial charge on any atom is -0.502 e. The molecule has 0 unspecified atom stereocenters. The first-order valence-corrected chi connectivity index (χ1v) is 10.6. The number of carbonyl (C=O) groups is 1. The summed E-state index contributed by atoms with van der Waals surface area (Å²) >= 11 is 6.39. The molecule has 0 saturated heterocycles. The van der Waals surface area contributed by atoms with Crippen LogP contribution in [0.5, 0.6) is 11.5 Å². The van der Waals surface area contributed by atoms with Gasteiger partial charge in [0.1, 0.15) is 25.1 Å². The van der Waals surface area contributed by atoms with Crippen LogP contribution in [-0.2, 0) is 0 Å². The third kappa shape index (κ3) is 3.40. The molecule has 7 nitrogen and oxygen atoms in total. The molecule has 0 saturated carbocycles. The van der Waals surface area contributed by atoms with Crippen LogP contribution >= 0.6 is 11.6 Å². The summed E-state index contributed by atoms with van der Waals surface area (Å²) in [5.41, 5.74) is 1.07. The Morgan fingerprint density at radius 2 is 1.84 bits per heavy atom. The van der Waals surface area contributed by atoms with Crippen LogP contribution in [0.4, 0.5) is 0 Å². The Kier molecular flexibility index (Phi) is 5.11. The summed E-state index contributed by atoms with van der Waals surface area (Å²) in [4.78, 5) is 26.9. The normalized spacial score (nSPS) is 18.8. The number of benzene rings is 2. The Morgan fingerprint density at radius 3 is 2.66 bits per heavy atom. The quantitative estimate of drug-likeness (QED) is 0.577. The summed E-state index contributed by atoms with van der Waals surface area (Å²) in [7, 11) is 0. The summed E-state index contributed by atoms with van der Waals surface area (Å²) in [6.45, 7) is 0.859. The Balaban J connectivity index is 1.81. The molecule has 2 aliphatic rings. The Labute approximate surface area is 189 Å². The van der Waals surface area contributed by atoms with Gasteiger partial charge in [0.05, 0.1) is 0 Å². The highest BCUT2D eigenvalue weighted by molar-refractivity contribution is 6.30. The maximum absolute atomic E-state index is 13.2. The van der Waals surface area contributed by atoms with Gasteiger partial charge < -0.3 is 14.7 Å². The second-order valence-corrected chi connectivity index (χ2v) is 8.04. The van der Waals surface area contributed by atoms with E-state index < -0.39 is 23.1 Å². The highest BCUT2D eigenvalue weighted by atomic mass is 35.5. The maximum atomic E-state index is 13.2. The van der Waals surface area contributed by atoms with Gasteiger partial charge in [-0.2, -0.15) is 0 Å². The SMILES string of the molecule is O=C1c2c(O)c(=O)ccn2N2CN1C/C=C\COc1ccc(Cl)cc1[C@@H]2c1ccccc1. The summed E-state index contributed by atoms with van der Waals surface area (Å²) < 4.78 is 7.60. The van der Waals surface area contributed by atoms with Gasteiger partial charge in [0, 0.05) is 29.4 Å². The Hall–Kier alpha value is -3.71.